The summed E-state index contributed by atoms with van der Waals surface area (Å²) < 4.78 is 27.0. The Morgan fingerprint density at radius 2 is 2.02 bits per heavy atom. The van der Waals surface area contributed by atoms with Crippen LogP contribution in [0.25, 0.3) is 16.6 Å². The van der Waals surface area contributed by atoms with Crippen molar-refractivity contribution in [1.82, 2.24) is 29.7 Å². The molecule has 0 saturated heterocycles. The Balaban J connectivity index is 1.14. The van der Waals surface area contributed by atoms with Gasteiger partial charge in [-0.2, -0.15) is 0 Å². The van der Waals surface area contributed by atoms with Gasteiger partial charge in [-0.1, -0.05) is 6.08 Å². The Morgan fingerprint density at radius 3 is 2.90 bits per heavy atom. The largest absolute Gasteiger partial charge is 0.379 e. The summed E-state index contributed by atoms with van der Waals surface area (Å²) in [4.78, 5) is 28.4. The van der Waals surface area contributed by atoms with Crippen LogP contribution in [-0.2, 0) is 15.9 Å². The molecule has 0 unspecified atom stereocenters. The molecular formula is C31H41FN6O3. The van der Waals surface area contributed by atoms with Gasteiger partial charge < -0.3 is 24.3 Å². The zero-order valence-electron chi connectivity index (χ0n) is 24.1. The van der Waals surface area contributed by atoms with E-state index in [2.05, 4.69) is 26.0 Å². The van der Waals surface area contributed by atoms with Crippen molar-refractivity contribution in [3.05, 3.63) is 59.7 Å². The minimum atomic E-state index is -0.361. The molecule has 0 aromatic carbocycles. The molecule has 2 aliphatic carbocycles. The molecule has 2 amide bonds. The Hall–Kier alpha value is -3.37. The van der Waals surface area contributed by atoms with Crippen molar-refractivity contribution in [3.8, 4) is 0 Å². The van der Waals surface area contributed by atoms with Crippen LogP contribution in [0, 0.1) is 5.82 Å². The van der Waals surface area contributed by atoms with Gasteiger partial charge in [-0.25, -0.2) is 19.2 Å². The summed E-state index contributed by atoms with van der Waals surface area (Å²) in [7, 11) is 1.86. The Bertz CT molecular complexity index is 1360. The number of nitrogens with zero attached hydrogens (tertiary/aromatic N) is 5. The predicted octanol–water partition coefficient (Wildman–Crippen LogP) is 5.30. The van der Waals surface area contributed by atoms with Crippen molar-refractivity contribution >= 4 is 22.6 Å². The molecular weight excluding hydrogens is 523 g/mol. The fourth-order valence-corrected chi connectivity index (χ4v) is 5.77. The highest BCUT2D eigenvalue weighted by atomic mass is 19.1. The molecule has 2 aliphatic rings. The van der Waals surface area contributed by atoms with Crippen molar-refractivity contribution in [1.29, 1.82) is 0 Å². The molecule has 10 heteroatoms. The molecule has 0 aliphatic heterocycles. The van der Waals surface area contributed by atoms with Crippen molar-refractivity contribution in [2.45, 2.75) is 70.4 Å². The minimum absolute atomic E-state index is 0.0155. The molecule has 0 bridgehead atoms. The van der Waals surface area contributed by atoms with E-state index in [1.807, 2.05) is 32.3 Å². The first-order valence-electron chi connectivity index (χ1n) is 14.9. The van der Waals surface area contributed by atoms with Crippen LogP contribution in [0.5, 0.6) is 0 Å². The summed E-state index contributed by atoms with van der Waals surface area (Å²) in [5.74, 6) is 0.226. The van der Waals surface area contributed by atoms with Gasteiger partial charge in [0.25, 0.3) is 0 Å². The van der Waals surface area contributed by atoms with E-state index in [4.69, 9.17) is 14.5 Å². The lowest BCUT2D eigenvalue weighted by Crippen LogP contribution is -2.45. The second-order valence-electron chi connectivity index (χ2n) is 10.9. The highest BCUT2D eigenvalue weighted by Gasteiger charge is 2.27. The van der Waals surface area contributed by atoms with Crippen LogP contribution < -0.4 is 5.32 Å². The molecule has 5 rings (SSSR count). The number of hydrogen-bond donors (Lipinski definition) is 1. The third-order valence-electron chi connectivity index (χ3n) is 8.00. The second kappa shape index (κ2) is 14.0. The molecule has 1 saturated carbocycles. The number of pyridine rings is 1. The van der Waals surface area contributed by atoms with Gasteiger partial charge in [0.05, 0.1) is 25.1 Å². The lowest BCUT2D eigenvalue weighted by atomic mass is 9.91. The lowest BCUT2D eigenvalue weighted by Gasteiger charge is -2.32. The highest BCUT2D eigenvalue weighted by Crippen LogP contribution is 2.34. The van der Waals surface area contributed by atoms with E-state index in [1.54, 1.807) is 4.90 Å². The van der Waals surface area contributed by atoms with Crippen LogP contribution >= 0.6 is 0 Å². The van der Waals surface area contributed by atoms with E-state index in [-0.39, 0.29) is 23.9 Å². The normalized spacial score (nSPS) is 18.4. The molecule has 1 N–H and O–H groups in total. The van der Waals surface area contributed by atoms with E-state index < -0.39 is 0 Å². The fourth-order valence-electron chi connectivity index (χ4n) is 5.77. The average molecular weight is 565 g/mol. The van der Waals surface area contributed by atoms with E-state index in [0.717, 1.165) is 92.6 Å². The number of nitrogens with one attached hydrogen (secondary N) is 1. The SMILES string of the molecule is CCOCCOCCCCCN(C)C(=O)N[C@@H]1CCC[C@H](n2ccc3cnc(C4=CCc5ncc(F)cc54)nc32)C1. The van der Waals surface area contributed by atoms with Crippen LogP contribution in [0.1, 0.15) is 75.0 Å². The smallest absolute Gasteiger partial charge is 0.317 e. The van der Waals surface area contributed by atoms with Gasteiger partial charge in [-0.3, -0.25) is 4.98 Å². The van der Waals surface area contributed by atoms with Crippen molar-refractivity contribution in [2.24, 2.45) is 0 Å². The molecule has 41 heavy (non-hydrogen) atoms. The molecule has 1 fully saturated rings. The number of unbranched alkanes of at least 4 members (excludes halogenated alkanes) is 2. The Labute approximate surface area is 241 Å². The highest BCUT2D eigenvalue weighted by molar-refractivity contribution is 5.84. The number of carbonyl (C=O) groups excluding carboxylic acids is 1. The number of allylic oxidation sites excluding steroid dienone is 1. The molecule has 2 atom stereocenters. The lowest BCUT2D eigenvalue weighted by molar-refractivity contribution is 0.0512. The molecule has 0 radical (unpaired) electrons. The number of rotatable bonds is 13. The maximum Gasteiger partial charge on any atom is 0.317 e. The first-order valence-corrected chi connectivity index (χ1v) is 14.9. The first-order chi connectivity index (χ1) is 20.0. The summed E-state index contributed by atoms with van der Waals surface area (Å²) in [5.41, 5.74) is 3.30. The van der Waals surface area contributed by atoms with Gasteiger partial charge in [-0.15, -0.1) is 0 Å². The monoisotopic (exact) mass is 564 g/mol. The quantitative estimate of drug-likeness (QED) is 0.283. The van der Waals surface area contributed by atoms with Crippen LogP contribution in [0.3, 0.4) is 0 Å². The molecule has 3 heterocycles. The van der Waals surface area contributed by atoms with E-state index in [1.165, 1.54) is 12.3 Å². The number of urea groups is 1. The van der Waals surface area contributed by atoms with Crippen molar-refractivity contribution in [2.75, 3.05) is 40.0 Å². The van der Waals surface area contributed by atoms with Crippen LogP contribution in [0.2, 0.25) is 0 Å². The van der Waals surface area contributed by atoms with E-state index in [9.17, 15) is 9.18 Å². The van der Waals surface area contributed by atoms with Crippen molar-refractivity contribution < 1.29 is 18.7 Å². The fraction of sp³-hybridized carbons (Fsp3) is 0.548. The summed E-state index contributed by atoms with van der Waals surface area (Å²) >= 11 is 0. The number of hydrogen-bond acceptors (Lipinski definition) is 6. The number of aromatic nitrogens is 4. The third-order valence-corrected chi connectivity index (χ3v) is 8.00. The number of carbonyl (C=O) groups is 1. The molecule has 9 nitrogen and oxygen atoms in total. The van der Waals surface area contributed by atoms with Gasteiger partial charge in [0.1, 0.15) is 11.5 Å². The summed E-state index contributed by atoms with van der Waals surface area (Å²) in [5, 5.41) is 4.23. The second-order valence-corrected chi connectivity index (χ2v) is 10.9. The zero-order chi connectivity index (χ0) is 28.6. The van der Waals surface area contributed by atoms with Crippen LogP contribution in [0.4, 0.5) is 9.18 Å². The average Bonchev–Trinajstić information content (AvgIpc) is 3.60. The maximum absolute atomic E-state index is 13.9. The topological polar surface area (TPSA) is 94.4 Å². The molecule has 3 aromatic rings. The van der Waals surface area contributed by atoms with Gasteiger partial charge in [0, 0.05) is 74.2 Å². The minimum Gasteiger partial charge on any atom is -0.379 e. The zero-order valence-corrected chi connectivity index (χ0v) is 24.1. The number of fused-ring (bicyclic) bond motifs is 2. The van der Waals surface area contributed by atoms with E-state index >= 15 is 0 Å². The number of halogens is 1. The van der Waals surface area contributed by atoms with Gasteiger partial charge >= 0.3 is 6.03 Å². The molecule has 0 spiro atoms. The molecule has 3 aromatic heterocycles. The summed E-state index contributed by atoms with van der Waals surface area (Å²) in [6.07, 6.45) is 14.7. The standard InChI is InChI=1S/C31H41FN6O3/c1-3-40-16-17-41-15-6-4-5-13-37(2)31(39)35-24-8-7-9-25(19-24)38-14-12-22-20-34-29(36-30(22)38)26-10-11-28-27(26)18-23(32)21-33-28/h10,12,14,18,20-21,24-25H,3-9,11,13,15-17,19H2,1-2H3,(H,35,39)/t24-,25+/m1/s1. The van der Waals surface area contributed by atoms with Gasteiger partial charge in [-0.05, 0) is 64.0 Å². The van der Waals surface area contributed by atoms with E-state index in [0.29, 0.717) is 25.5 Å². The van der Waals surface area contributed by atoms with Crippen molar-refractivity contribution in [3.63, 3.8) is 0 Å². The Morgan fingerprint density at radius 1 is 1.15 bits per heavy atom. The predicted molar refractivity (Wildman–Crippen MR) is 156 cm³/mol. The molecule has 220 valence electrons. The van der Waals surface area contributed by atoms with Crippen LogP contribution in [0.15, 0.2) is 36.8 Å². The first kappa shape index (κ1) is 29.1. The Kier molecular flexibility index (Phi) is 9.95. The maximum atomic E-state index is 13.9. The summed E-state index contributed by atoms with van der Waals surface area (Å²) in [6.45, 7) is 5.43. The summed E-state index contributed by atoms with van der Waals surface area (Å²) in [6, 6.07) is 3.88. The van der Waals surface area contributed by atoms with Gasteiger partial charge in [0.2, 0.25) is 0 Å². The van der Waals surface area contributed by atoms with Gasteiger partial charge in [0.15, 0.2) is 5.82 Å². The number of ether oxygens (including phenoxy) is 2. The van der Waals surface area contributed by atoms with Crippen LogP contribution in [-0.4, -0.2) is 76.5 Å². The number of amides is 2. The third kappa shape index (κ3) is 7.29.